The number of carbonyl (C=O) groups is 2. The molecule has 0 aliphatic rings. The number of halogens is 1. The number of benzene rings is 1. The van der Waals surface area contributed by atoms with Gasteiger partial charge in [-0.2, -0.15) is 0 Å². The zero-order valence-electron chi connectivity index (χ0n) is 10.9. The molecule has 1 atom stereocenters. The topological polar surface area (TPSA) is 78.4 Å². The Morgan fingerprint density at radius 3 is 2.70 bits per heavy atom. The van der Waals surface area contributed by atoms with Gasteiger partial charge in [-0.05, 0) is 24.6 Å². The molecule has 20 heavy (non-hydrogen) atoms. The van der Waals surface area contributed by atoms with Crippen LogP contribution in [0.15, 0.2) is 18.2 Å². The fraction of sp³-hybridized carbons (Fsp3) is 0.286. The Balaban J connectivity index is 2.69. The first-order valence-electron chi connectivity index (χ1n) is 6.04. The van der Waals surface area contributed by atoms with Gasteiger partial charge in [-0.3, -0.25) is 0 Å². The number of hydrogen-bond donors (Lipinski definition) is 3. The van der Waals surface area contributed by atoms with Crippen molar-refractivity contribution in [1.29, 1.82) is 0 Å². The number of aromatic carboxylic acids is 1. The van der Waals surface area contributed by atoms with Gasteiger partial charge in [0, 0.05) is 5.69 Å². The molecule has 0 fully saturated rings. The van der Waals surface area contributed by atoms with Crippen molar-refractivity contribution in [3.8, 4) is 12.3 Å². The zero-order valence-corrected chi connectivity index (χ0v) is 10.9. The molecule has 1 aromatic carbocycles. The number of terminal acetylenes is 1. The molecule has 6 heteroatoms. The van der Waals surface area contributed by atoms with Crippen LogP contribution in [0.3, 0.4) is 0 Å². The van der Waals surface area contributed by atoms with Gasteiger partial charge in [0.15, 0.2) is 0 Å². The van der Waals surface area contributed by atoms with Gasteiger partial charge in [0.1, 0.15) is 5.82 Å². The van der Waals surface area contributed by atoms with Crippen LogP contribution in [0.5, 0.6) is 0 Å². The first-order valence-corrected chi connectivity index (χ1v) is 6.04. The number of carbonyl (C=O) groups excluding carboxylic acids is 1. The van der Waals surface area contributed by atoms with Gasteiger partial charge in [-0.1, -0.05) is 19.3 Å². The van der Waals surface area contributed by atoms with Gasteiger partial charge < -0.3 is 15.7 Å². The number of urea groups is 1. The predicted octanol–water partition coefficient (Wildman–Crippen LogP) is 2.45. The van der Waals surface area contributed by atoms with Crippen molar-refractivity contribution in [1.82, 2.24) is 5.32 Å². The van der Waals surface area contributed by atoms with Crippen LogP contribution in [0, 0.1) is 18.2 Å². The largest absolute Gasteiger partial charge is 0.478 e. The van der Waals surface area contributed by atoms with Crippen LogP contribution < -0.4 is 10.6 Å². The summed E-state index contributed by atoms with van der Waals surface area (Å²) >= 11 is 0. The summed E-state index contributed by atoms with van der Waals surface area (Å²) in [6.07, 6.45) is 6.71. The number of hydrogen-bond acceptors (Lipinski definition) is 2. The summed E-state index contributed by atoms with van der Waals surface area (Å²) in [5, 5.41) is 13.6. The van der Waals surface area contributed by atoms with E-state index in [0.29, 0.717) is 6.42 Å². The smallest absolute Gasteiger partial charge is 0.338 e. The molecule has 0 spiro atoms. The first-order chi connectivity index (χ1) is 9.47. The highest BCUT2D eigenvalue weighted by Crippen LogP contribution is 2.14. The summed E-state index contributed by atoms with van der Waals surface area (Å²) in [4.78, 5) is 22.3. The fourth-order valence-corrected chi connectivity index (χ4v) is 1.58. The maximum atomic E-state index is 13.4. The van der Waals surface area contributed by atoms with E-state index in [-0.39, 0.29) is 5.69 Å². The molecule has 0 saturated heterocycles. The third kappa shape index (κ3) is 4.28. The quantitative estimate of drug-likeness (QED) is 0.724. The lowest BCUT2D eigenvalue weighted by Gasteiger charge is -2.13. The van der Waals surface area contributed by atoms with E-state index in [1.165, 1.54) is 6.07 Å². The van der Waals surface area contributed by atoms with Crippen LogP contribution in [0.4, 0.5) is 14.9 Å². The van der Waals surface area contributed by atoms with Gasteiger partial charge in [0.25, 0.3) is 0 Å². The molecule has 0 bridgehead atoms. The lowest BCUT2D eigenvalue weighted by molar-refractivity contribution is 0.0692. The Hall–Kier alpha value is -2.55. The number of carboxylic acid groups (broad SMARTS) is 1. The Labute approximate surface area is 116 Å². The van der Waals surface area contributed by atoms with E-state index in [9.17, 15) is 14.0 Å². The Morgan fingerprint density at radius 1 is 1.50 bits per heavy atom. The van der Waals surface area contributed by atoms with Crippen molar-refractivity contribution >= 4 is 17.7 Å². The van der Waals surface area contributed by atoms with Crippen molar-refractivity contribution in [2.75, 3.05) is 5.32 Å². The second-order valence-corrected chi connectivity index (χ2v) is 4.11. The summed E-state index contributed by atoms with van der Waals surface area (Å²) in [7, 11) is 0. The summed E-state index contributed by atoms with van der Waals surface area (Å²) in [6, 6.07) is 2.36. The van der Waals surface area contributed by atoms with E-state index >= 15 is 0 Å². The lowest BCUT2D eigenvalue weighted by Crippen LogP contribution is -2.37. The molecule has 1 unspecified atom stereocenters. The standard InChI is InChI=1S/C14H15FN2O3/c1-3-5-9(4-2)16-14(20)17-10-6-7-11(13(18)19)12(15)8-10/h2,6-9H,3,5H2,1H3,(H,18,19)(H2,16,17,20). The third-order valence-corrected chi connectivity index (χ3v) is 2.54. The Kier molecular flexibility index (Phi) is 5.54. The van der Waals surface area contributed by atoms with E-state index in [2.05, 4.69) is 16.6 Å². The molecule has 0 aliphatic carbocycles. The fourth-order valence-electron chi connectivity index (χ4n) is 1.58. The molecular weight excluding hydrogens is 263 g/mol. The van der Waals surface area contributed by atoms with Crippen LogP contribution in [0.1, 0.15) is 30.1 Å². The highest BCUT2D eigenvalue weighted by Gasteiger charge is 2.12. The average Bonchev–Trinajstić information content (AvgIpc) is 2.37. The number of nitrogens with one attached hydrogen (secondary N) is 2. The molecule has 3 N–H and O–H groups in total. The molecule has 2 amide bonds. The predicted molar refractivity (Wildman–Crippen MR) is 73.0 cm³/mol. The highest BCUT2D eigenvalue weighted by molar-refractivity contribution is 5.92. The number of amides is 2. The van der Waals surface area contributed by atoms with E-state index in [0.717, 1.165) is 18.6 Å². The molecule has 0 radical (unpaired) electrons. The summed E-state index contributed by atoms with van der Waals surface area (Å²) in [5.74, 6) is 0.145. The zero-order chi connectivity index (χ0) is 15.1. The van der Waals surface area contributed by atoms with Crippen LogP contribution in [-0.4, -0.2) is 23.1 Å². The highest BCUT2D eigenvalue weighted by atomic mass is 19.1. The second-order valence-electron chi connectivity index (χ2n) is 4.11. The monoisotopic (exact) mass is 278 g/mol. The van der Waals surface area contributed by atoms with Gasteiger partial charge in [-0.15, -0.1) is 6.42 Å². The molecule has 5 nitrogen and oxygen atoms in total. The summed E-state index contributed by atoms with van der Waals surface area (Å²) in [6.45, 7) is 1.93. The molecular formula is C14H15FN2O3. The summed E-state index contributed by atoms with van der Waals surface area (Å²) < 4.78 is 13.4. The number of anilines is 1. The van der Waals surface area contributed by atoms with Gasteiger partial charge in [0.2, 0.25) is 0 Å². The van der Waals surface area contributed by atoms with Crippen molar-refractivity contribution in [3.05, 3.63) is 29.6 Å². The third-order valence-electron chi connectivity index (χ3n) is 2.54. The van der Waals surface area contributed by atoms with Crippen molar-refractivity contribution in [3.63, 3.8) is 0 Å². The normalized spacial score (nSPS) is 11.2. The van der Waals surface area contributed by atoms with Crippen LogP contribution >= 0.6 is 0 Å². The van der Waals surface area contributed by atoms with Crippen LogP contribution in [0.2, 0.25) is 0 Å². The molecule has 0 aliphatic heterocycles. The van der Waals surface area contributed by atoms with E-state index in [4.69, 9.17) is 11.5 Å². The van der Waals surface area contributed by atoms with Gasteiger partial charge in [0.05, 0.1) is 11.6 Å². The maximum Gasteiger partial charge on any atom is 0.338 e. The van der Waals surface area contributed by atoms with Crippen molar-refractivity contribution in [2.45, 2.75) is 25.8 Å². The molecule has 0 saturated carbocycles. The first kappa shape index (κ1) is 15.5. The Bertz CT molecular complexity index is 552. The van der Waals surface area contributed by atoms with Crippen LogP contribution in [0.25, 0.3) is 0 Å². The second kappa shape index (κ2) is 7.14. The molecule has 0 heterocycles. The van der Waals surface area contributed by atoms with E-state index < -0.39 is 29.4 Å². The lowest BCUT2D eigenvalue weighted by atomic mass is 10.2. The van der Waals surface area contributed by atoms with Crippen molar-refractivity contribution in [2.24, 2.45) is 0 Å². The SMILES string of the molecule is C#CC(CCC)NC(=O)Nc1ccc(C(=O)O)c(F)c1. The van der Waals surface area contributed by atoms with Crippen LogP contribution in [-0.2, 0) is 0 Å². The minimum absolute atomic E-state index is 0.150. The van der Waals surface area contributed by atoms with E-state index in [1.807, 2.05) is 6.92 Å². The minimum atomic E-state index is -1.37. The molecule has 1 rings (SSSR count). The molecule has 1 aromatic rings. The number of rotatable bonds is 5. The number of carboxylic acids is 1. The van der Waals surface area contributed by atoms with Gasteiger partial charge in [-0.25, -0.2) is 14.0 Å². The molecule has 0 aromatic heterocycles. The van der Waals surface area contributed by atoms with Crippen molar-refractivity contribution < 1.29 is 19.1 Å². The van der Waals surface area contributed by atoms with Gasteiger partial charge >= 0.3 is 12.0 Å². The Morgan fingerprint density at radius 2 is 2.20 bits per heavy atom. The summed E-state index contributed by atoms with van der Waals surface area (Å²) in [5.41, 5.74) is -0.305. The minimum Gasteiger partial charge on any atom is -0.478 e. The van der Waals surface area contributed by atoms with E-state index in [1.54, 1.807) is 0 Å². The average molecular weight is 278 g/mol. The molecule has 106 valence electrons. The maximum absolute atomic E-state index is 13.4.